The summed E-state index contributed by atoms with van der Waals surface area (Å²) in [6.07, 6.45) is 1.58. The molecule has 0 saturated carbocycles. The van der Waals surface area contributed by atoms with Crippen molar-refractivity contribution in [2.75, 3.05) is 24.5 Å². The van der Waals surface area contributed by atoms with Gasteiger partial charge in [-0.1, -0.05) is 0 Å². The van der Waals surface area contributed by atoms with Crippen LogP contribution in [0.5, 0.6) is 0 Å². The van der Waals surface area contributed by atoms with Gasteiger partial charge in [0.1, 0.15) is 10.7 Å². The van der Waals surface area contributed by atoms with E-state index in [2.05, 4.69) is 10.3 Å². The van der Waals surface area contributed by atoms with Gasteiger partial charge in [-0.05, 0) is 19.1 Å². The molecule has 1 aliphatic rings. The number of anilines is 1. The quantitative estimate of drug-likeness (QED) is 0.746. The molecule has 17 heavy (non-hydrogen) atoms. The number of piperazine rings is 1. The Balaban J connectivity index is 2.38. The highest BCUT2D eigenvalue weighted by Gasteiger charge is 2.23. The van der Waals surface area contributed by atoms with Crippen LogP contribution in [-0.4, -0.2) is 39.1 Å². The Kier molecular flexibility index (Phi) is 3.32. The second-order valence-electron chi connectivity index (χ2n) is 4.17. The maximum Gasteiger partial charge on any atom is 0.241 e. The van der Waals surface area contributed by atoms with E-state index in [4.69, 9.17) is 5.14 Å². The normalized spacial score (nSPS) is 21.5. The van der Waals surface area contributed by atoms with Gasteiger partial charge < -0.3 is 10.2 Å². The molecule has 0 radical (unpaired) electrons. The summed E-state index contributed by atoms with van der Waals surface area (Å²) in [6.45, 7) is 4.30. The molecule has 3 N–H and O–H groups in total. The predicted molar refractivity (Wildman–Crippen MR) is 65.3 cm³/mol. The van der Waals surface area contributed by atoms with Gasteiger partial charge in [0.05, 0.1) is 0 Å². The molecule has 0 unspecified atom stereocenters. The van der Waals surface area contributed by atoms with E-state index >= 15 is 0 Å². The largest absolute Gasteiger partial charge is 0.353 e. The van der Waals surface area contributed by atoms with Gasteiger partial charge in [0.15, 0.2) is 0 Å². The molecule has 7 heteroatoms. The average molecular weight is 256 g/mol. The van der Waals surface area contributed by atoms with Gasteiger partial charge in [-0.3, -0.25) is 0 Å². The third kappa shape index (κ3) is 2.74. The third-order valence-corrected chi connectivity index (χ3v) is 3.66. The zero-order valence-electron chi connectivity index (χ0n) is 9.63. The molecule has 1 aromatic heterocycles. The monoisotopic (exact) mass is 256 g/mol. The summed E-state index contributed by atoms with van der Waals surface area (Å²) in [6, 6.07) is 3.37. The van der Waals surface area contributed by atoms with E-state index in [1.165, 1.54) is 6.07 Å². The minimum atomic E-state index is -3.72. The number of pyridine rings is 1. The second kappa shape index (κ2) is 4.59. The van der Waals surface area contributed by atoms with Crippen molar-refractivity contribution >= 4 is 15.8 Å². The summed E-state index contributed by atoms with van der Waals surface area (Å²) in [5, 5.41) is 8.48. The Morgan fingerprint density at radius 3 is 3.00 bits per heavy atom. The lowest BCUT2D eigenvalue weighted by molar-refractivity contribution is 0.480. The highest BCUT2D eigenvalue weighted by atomic mass is 32.2. The van der Waals surface area contributed by atoms with Crippen molar-refractivity contribution in [1.82, 2.24) is 10.3 Å². The minimum absolute atomic E-state index is 0.0918. The number of sulfonamides is 1. The Hall–Kier alpha value is -1.18. The van der Waals surface area contributed by atoms with Crippen molar-refractivity contribution in [2.24, 2.45) is 5.14 Å². The van der Waals surface area contributed by atoms with Crippen LogP contribution in [0.4, 0.5) is 5.82 Å². The molecule has 2 heterocycles. The van der Waals surface area contributed by atoms with Gasteiger partial charge in [0.25, 0.3) is 0 Å². The summed E-state index contributed by atoms with van der Waals surface area (Å²) in [4.78, 5) is 6.18. The number of rotatable bonds is 2. The Bertz CT molecular complexity index is 503. The molecule has 94 valence electrons. The van der Waals surface area contributed by atoms with Crippen LogP contribution in [0.3, 0.4) is 0 Å². The fourth-order valence-electron chi connectivity index (χ4n) is 1.97. The van der Waals surface area contributed by atoms with Gasteiger partial charge in [-0.2, -0.15) is 0 Å². The Labute approximate surface area is 101 Å². The van der Waals surface area contributed by atoms with Crippen LogP contribution in [0.25, 0.3) is 0 Å². The molecule has 0 aromatic carbocycles. The van der Waals surface area contributed by atoms with E-state index in [9.17, 15) is 8.42 Å². The van der Waals surface area contributed by atoms with Gasteiger partial charge in [0.2, 0.25) is 10.0 Å². The van der Waals surface area contributed by atoms with Crippen molar-refractivity contribution in [3.63, 3.8) is 0 Å². The summed E-state index contributed by atoms with van der Waals surface area (Å²) in [5.41, 5.74) is 0. The van der Waals surface area contributed by atoms with Crippen LogP contribution < -0.4 is 15.4 Å². The van der Waals surface area contributed by atoms with Crippen LogP contribution in [0.1, 0.15) is 6.92 Å². The molecule has 0 aliphatic carbocycles. The lowest BCUT2D eigenvalue weighted by Crippen LogP contribution is -2.50. The number of primary sulfonamides is 1. The smallest absolute Gasteiger partial charge is 0.241 e. The highest BCUT2D eigenvalue weighted by Crippen LogP contribution is 2.21. The number of hydrogen-bond acceptors (Lipinski definition) is 5. The SMILES string of the molecule is C[C@H]1CN(c2ncccc2S(N)(=O)=O)CCN1. The minimum Gasteiger partial charge on any atom is -0.353 e. The second-order valence-corrected chi connectivity index (χ2v) is 5.70. The van der Waals surface area contributed by atoms with Crippen molar-refractivity contribution in [3.05, 3.63) is 18.3 Å². The van der Waals surface area contributed by atoms with Gasteiger partial charge in [-0.15, -0.1) is 0 Å². The lowest BCUT2D eigenvalue weighted by Gasteiger charge is -2.33. The number of nitrogens with one attached hydrogen (secondary N) is 1. The molecule has 0 amide bonds. The first kappa shape index (κ1) is 12.3. The predicted octanol–water partition coefficient (Wildman–Crippen LogP) is -0.473. The summed E-state index contributed by atoms with van der Waals surface area (Å²) < 4.78 is 22.9. The molecular weight excluding hydrogens is 240 g/mol. The molecule has 0 spiro atoms. The standard InChI is InChI=1S/C10H16N4O2S/c1-8-7-14(6-5-12-8)10-9(17(11,15)16)3-2-4-13-10/h2-4,8,12H,5-7H2,1H3,(H2,11,15,16)/t8-/m0/s1. The molecule has 6 nitrogen and oxygen atoms in total. The van der Waals surface area contributed by atoms with Gasteiger partial charge in [0, 0.05) is 31.9 Å². The molecule has 1 aliphatic heterocycles. The Morgan fingerprint density at radius 1 is 1.59 bits per heavy atom. The van der Waals surface area contributed by atoms with Crippen LogP contribution in [0.15, 0.2) is 23.2 Å². The maximum atomic E-state index is 11.5. The van der Waals surface area contributed by atoms with Crippen molar-refractivity contribution in [1.29, 1.82) is 0 Å². The van der Waals surface area contributed by atoms with Gasteiger partial charge >= 0.3 is 0 Å². The molecule has 2 rings (SSSR count). The first-order valence-electron chi connectivity index (χ1n) is 5.44. The topological polar surface area (TPSA) is 88.3 Å². The van der Waals surface area contributed by atoms with E-state index in [0.717, 1.165) is 19.6 Å². The number of aromatic nitrogens is 1. The Morgan fingerprint density at radius 2 is 2.35 bits per heavy atom. The fraction of sp³-hybridized carbons (Fsp3) is 0.500. The number of nitrogens with zero attached hydrogens (tertiary/aromatic N) is 2. The first-order valence-corrected chi connectivity index (χ1v) is 6.99. The van der Waals surface area contributed by atoms with E-state index < -0.39 is 10.0 Å². The molecule has 1 aromatic rings. The summed E-state index contributed by atoms with van der Waals surface area (Å²) >= 11 is 0. The fourth-order valence-corrected chi connectivity index (χ4v) is 2.67. The van der Waals surface area contributed by atoms with E-state index in [1.807, 2.05) is 11.8 Å². The molecule has 1 atom stereocenters. The summed E-state index contributed by atoms with van der Waals surface area (Å²) in [5.74, 6) is 0.448. The van der Waals surface area contributed by atoms with Crippen LogP contribution in [0.2, 0.25) is 0 Å². The van der Waals surface area contributed by atoms with Crippen molar-refractivity contribution < 1.29 is 8.42 Å². The van der Waals surface area contributed by atoms with E-state index in [0.29, 0.717) is 11.9 Å². The summed E-state index contributed by atoms with van der Waals surface area (Å²) in [7, 11) is -3.72. The first-order chi connectivity index (χ1) is 7.98. The third-order valence-electron chi connectivity index (χ3n) is 2.73. The molecular formula is C10H16N4O2S. The average Bonchev–Trinajstić information content (AvgIpc) is 2.28. The maximum absolute atomic E-state index is 11.5. The molecule has 1 fully saturated rings. The zero-order chi connectivity index (χ0) is 12.5. The zero-order valence-corrected chi connectivity index (χ0v) is 10.4. The number of nitrogens with two attached hydrogens (primary N) is 1. The van der Waals surface area contributed by atoms with Crippen LogP contribution >= 0.6 is 0 Å². The number of hydrogen-bond donors (Lipinski definition) is 2. The van der Waals surface area contributed by atoms with E-state index in [-0.39, 0.29) is 4.90 Å². The lowest BCUT2D eigenvalue weighted by atomic mass is 10.2. The van der Waals surface area contributed by atoms with Crippen LogP contribution in [-0.2, 0) is 10.0 Å². The molecule has 1 saturated heterocycles. The van der Waals surface area contributed by atoms with Gasteiger partial charge in [-0.25, -0.2) is 18.5 Å². The van der Waals surface area contributed by atoms with E-state index in [1.54, 1.807) is 12.3 Å². The van der Waals surface area contributed by atoms with Crippen LogP contribution in [0, 0.1) is 0 Å². The molecule has 0 bridgehead atoms. The highest BCUT2D eigenvalue weighted by molar-refractivity contribution is 7.89. The van der Waals surface area contributed by atoms with Crippen molar-refractivity contribution in [2.45, 2.75) is 17.9 Å². The van der Waals surface area contributed by atoms with Crippen molar-refractivity contribution in [3.8, 4) is 0 Å².